The van der Waals surface area contributed by atoms with E-state index in [1.165, 1.54) is 4.31 Å². The predicted octanol–water partition coefficient (Wildman–Crippen LogP) is 1.15. The highest BCUT2D eigenvalue weighted by Crippen LogP contribution is 2.20. The van der Waals surface area contributed by atoms with E-state index < -0.39 is 10.0 Å². The van der Waals surface area contributed by atoms with Gasteiger partial charge in [-0.1, -0.05) is 6.92 Å². The summed E-state index contributed by atoms with van der Waals surface area (Å²) in [7, 11) is -3.14. The van der Waals surface area contributed by atoms with Crippen LogP contribution in [0.25, 0.3) is 0 Å². The first-order valence-electron chi connectivity index (χ1n) is 7.67. The fourth-order valence-electron chi connectivity index (χ4n) is 2.62. The monoisotopic (exact) mass is 325 g/mol. The van der Waals surface area contributed by atoms with Crippen LogP contribution in [-0.4, -0.2) is 42.5 Å². The van der Waals surface area contributed by atoms with Gasteiger partial charge < -0.3 is 5.32 Å². The number of piperidine rings is 1. The number of carbonyl (C=O) groups excluding carboxylic acids is 1. The van der Waals surface area contributed by atoms with Crippen LogP contribution >= 0.6 is 0 Å². The molecular weight excluding hydrogens is 302 g/mol. The van der Waals surface area contributed by atoms with Gasteiger partial charge in [-0.3, -0.25) is 9.78 Å². The van der Waals surface area contributed by atoms with Crippen LogP contribution in [0.1, 0.15) is 31.7 Å². The molecule has 2 heterocycles. The normalized spacial score (nSPS) is 17.3. The van der Waals surface area contributed by atoms with E-state index >= 15 is 0 Å². The highest BCUT2D eigenvalue weighted by molar-refractivity contribution is 7.89. The van der Waals surface area contributed by atoms with Crippen molar-refractivity contribution in [2.75, 3.05) is 18.8 Å². The Morgan fingerprint density at radius 1 is 1.32 bits per heavy atom. The summed E-state index contributed by atoms with van der Waals surface area (Å²) >= 11 is 0. The lowest BCUT2D eigenvalue weighted by Gasteiger charge is -2.30. The second kappa shape index (κ2) is 7.69. The Bertz CT molecular complexity index is 581. The van der Waals surface area contributed by atoms with Crippen LogP contribution in [0, 0.1) is 5.92 Å². The summed E-state index contributed by atoms with van der Waals surface area (Å²) in [4.78, 5) is 16.1. The Balaban J connectivity index is 1.80. The largest absolute Gasteiger partial charge is 0.352 e. The molecule has 1 aromatic rings. The fourth-order valence-corrected chi connectivity index (χ4v) is 4.16. The number of carbonyl (C=O) groups is 1. The molecule has 0 aromatic carbocycles. The second-order valence-corrected chi connectivity index (χ2v) is 7.65. The summed E-state index contributed by atoms with van der Waals surface area (Å²) in [6.07, 6.45) is 5.18. The molecular formula is C15H23N3O3S. The second-order valence-electron chi connectivity index (χ2n) is 5.56. The number of nitrogens with one attached hydrogen (secondary N) is 1. The molecule has 7 heteroatoms. The molecule has 0 saturated carbocycles. The summed E-state index contributed by atoms with van der Waals surface area (Å²) in [5.41, 5.74) is 1.01. The number of rotatable bonds is 6. The van der Waals surface area contributed by atoms with E-state index in [0.29, 0.717) is 38.9 Å². The average molecular weight is 325 g/mol. The zero-order valence-corrected chi connectivity index (χ0v) is 13.7. The summed E-state index contributed by atoms with van der Waals surface area (Å²) in [6.45, 7) is 3.22. The van der Waals surface area contributed by atoms with Gasteiger partial charge in [0.15, 0.2) is 0 Å². The van der Waals surface area contributed by atoms with E-state index in [4.69, 9.17) is 0 Å². The molecule has 1 fully saturated rings. The molecule has 0 spiro atoms. The van der Waals surface area contributed by atoms with Crippen LogP contribution in [0.3, 0.4) is 0 Å². The van der Waals surface area contributed by atoms with Gasteiger partial charge in [-0.05, 0) is 37.0 Å². The maximum Gasteiger partial charge on any atom is 0.223 e. The summed E-state index contributed by atoms with van der Waals surface area (Å²) in [5.74, 6) is 0.0885. The zero-order valence-electron chi connectivity index (χ0n) is 12.9. The van der Waals surface area contributed by atoms with Gasteiger partial charge in [0, 0.05) is 37.9 Å². The molecule has 122 valence electrons. The molecule has 1 saturated heterocycles. The molecule has 1 aliphatic rings. The first-order chi connectivity index (χ1) is 10.5. The number of sulfonamides is 1. The Morgan fingerprint density at radius 2 is 1.95 bits per heavy atom. The van der Waals surface area contributed by atoms with Crippen molar-refractivity contribution in [3.63, 3.8) is 0 Å². The molecule has 0 atom stereocenters. The number of aromatic nitrogens is 1. The van der Waals surface area contributed by atoms with Crippen LogP contribution in [0.2, 0.25) is 0 Å². The van der Waals surface area contributed by atoms with Gasteiger partial charge in [-0.15, -0.1) is 0 Å². The van der Waals surface area contributed by atoms with E-state index in [0.717, 1.165) is 5.56 Å². The van der Waals surface area contributed by atoms with E-state index in [1.54, 1.807) is 12.4 Å². The topological polar surface area (TPSA) is 79.4 Å². The van der Waals surface area contributed by atoms with E-state index in [9.17, 15) is 13.2 Å². The molecule has 0 bridgehead atoms. The Kier molecular flexibility index (Phi) is 5.90. The standard InChI is InChI=1S/C15H23N3O3S/c1-2-11-22(20,21)18-9-5-14(6-10-18)15(19)17-12-13-3-7-16-8-4-13/h3-4,7-8,14H,2,5-6,9-12H2,1H3,(H,17,19). The van der Waals surface area contributed by atoms with Crippen LogP contribution in [-0.2, 0) is 21.4 Å². The van der Waals surface area contributed by atoms with Crippen molar-refractivity contribution >= 4 is 15.9 Å². The van der Waals surface area contributed by atoms with Crippen LogP contribution in [0.15, 0.2) is 24.5 Å². The highest BCUT2D eigenvalue weighted by Gasteiger charge is 2.30. The Labute approximate surface area is 132 Å². The molecule has 1 N–H and O–H groups in total. The van der Waals surface area contributed by atoms with Gasteiger partial charge >= 0.3 is 0 Å². The molecule has 1 amide bonds. The molecule has 6 nitrogen and oxygen atoms in total. The molecule has 0 aliphatic carbocycles. The molecule has 1 aromatic heterocycles. The number of amides is 1. The zero-order chi connectivity index (χ0) is 16.0. The molecule has 0 radical (unpaired) electrons. The van der Waals surface area contributed by atoms with E-state index in [1.807, 2.05) is 19.1 Å². The van der Waals surface area contributed by atoms with E-state index in [-0.39, 0.29) is 17.6 Å². The Hall–Kier alpha value is -1.47. The summed E-state index contributed by atoms with van der Waals surface area (Å²) in [6, 6.07) is 3.72. The molecule has 0 unspecified atom stereocenters. The van der Waals surface area contributed by atoms with Gasteiger partial charge in [0.25, 0.3) is 0 Å². The van der Waals surface area contributed by atoms with Crippen molar-refractivity contribution in [1.29, 1.82) is 0 Å². The van der Waals surface area contributed by atoms with Crippen LogP contribution in [0.4, 0.5) is 0 Å². The maximum absolute atomic E-state index is 12.2. The third-order valence-corrected chi connectivity index (χ3v) is 5.97. The first kappa shape index (κ1) is 16.9. The van der Waals surface area contributed by atoms with Crippen molar-refractivity contribution in [2.24, 2.45) is 5.92 Å². The number of hydrogen-bond acceptors (Lipinski definition) is 4. The minimum atomic E-state index is -3.14. The molecule has 1 aliphatic heterocycles. The number of pyridine rings is 1. The third-order valence-electron chi connectivity index (χ3n) is 3.90. The number of nitrogens with zero attached hydrogens (tertiary/aromatic N) is 2. The van der Waals surface area contributed by atoms with Gasteiger partial charge in [0.2, 0.25) is 15.9 Å². The molecule has 22 heavy (non-hydrogen) atoms. The lowest BCUT2D eigenvalue weighted by Crippen LogP contribution is -2.43. The van der Waals surface area contributed by atoms with Gasteiger partial charge in [0.05, 0.1) is 5.75 Å². The maximum atomic E-state index is 12.2. The minimum absolute atomic E-state index is 0.00403. The van der Waals surface area contributed by atoms with Crippen LogP contribution < -0.4 is 5.32 Å². The lowest BCUT2D eigenvalue weighted by molar-refractivity contribution is -0.126. The van der Waals surface area contributed by atoms with Crippen molar-refractivity contribution in [1.82, 2.24) is 14.6 Å². The SMILES string of the molecule is CCCS(=O)(=O)N1CCC(C(=O)NCc2ccncc2)CC1. The highest BCUT2D eigenvalue weighted by atomic mass is 32.2. The van der Waals surface area contributed by atoms with Crippen molar-refractivity contribution in [3.05, 3.63) is 30.1 Å². The summed E-state index contributed by atoms with van der Waals surface area (Å²) in [5, 5.41) is 2.91. The smallest absolute Gasteiger partial charge is 0.223 e. The van der Waals surface area contributed by atoms with E-state index in [2.05, 4.69) is 10.3 Å². The fraction of sp³-hybridized carbons (Fsp3) is 0.600. The first-order valence-corrected chi connectivity index (χ1v) is 9.28. The van der Waals surface area contributed by atoms with Gasteiger partial charge in [-0.25, -0.2) is 12.7 Å². The van der Waals surface area contributed by atoms with Crippen molar-refractivity contribution < 1.29 is 13.2 Å². The minimum Gasteiger partial charge on any atom is -0.352 e. The molecule has 2 rings (SSSR count). The quantitative estimate of drug-likeness (QED) is 0.851. The van der Waals surface area contributed by atoms with Gasteiger partial charge in [-0.2, -0.15) is 0 Å². The average Bonchev–Trinajstić information content (AvgIpc) is 2.54. The number of hydrogen-bond donors (Lipinski definition) is 1. The van der Waals surface area contributed by atoms with Gasteiger partial charge in [0.1, 0.15) is 0 Å². The Morgan fingerprint density at radius 3 is 2.55 bits per heavy atom. The predicted molar refractivity (Wildman–Crippen MR) is 84.5 cm³/mol. The summed E-state index contributed by atoms with van der Waals surface area (Å²) < 4.78 is 25.5. The third kappa shape index (κ3) is 4.51. The van der Waals surface area contributed by atoms with Crippen molar-refractivity contribution in [3.8, 4) is 0 Å². The lowest BCUT2D eigenvalue weighted by atomic mass is 9.97. The van der Waals surface area contributed by atoms with Crippen molar-refractivity contribution in [2.45, 2.75) is 32.7 Å². The van der Waals surface area contributed by atoms with Crippen LogP contribution in [0.5, 0.6) is 0 Å².